The summed E-state index contributed by atoms with van der Waals surface area (Å²) in [6.45, 7) is 7.64. The van der Waals surface area contributed by atoms with Crippen molar-refractivity contribution in [3.63, 3.8) is 0 Å². The van der Waals surface area contributed by atoms with Gasteiger partial charge in [-0.2, -0.15) is 0 Å². The summed E-state index contributed by atoms with van der Waals surface area (Å²) < 4.78 is 0. The first-order chi connectivity index (χ1) is 9.22. The number of hydrogen-bond acceptors (Lipinski definition) is 4. The molecule has 1 aliphatic rings. The molecule has 1 atom stereocenters. The van der Waals surface area contributed by atoms with Gasteiger partial charge in [0.25, 0.3) is 5.69 Å². The molecule has 0 spiro atoms. The van der Waals surface area contributed by atoms with E-state index in [1.807, 2.05) is 12.1 Å². The molecule has 1 saturated heterocycles. The number of nitrogens with one attached hydrogen (secondary N) is 1. The maximum Gasteiger partial charge on any atom is 0.269 e. The summed E-state index contributed by atoms with van der Waals surface area (Å²) in [6.07, 6.45) is 2.69. The van der Waals surface area contributed by atoms with Gasteiger partial charge in [0, 0.05) is 44.4 Å². The fourth-order valence-electron chi connectivity index (χ4n) is 2.49. The van der Waals surface area contributed by atoms with Crippen LogP contribution in [0.25, 0.3) is 0 Å². The number of hydrogen-bond donors (Lipinski definition) is 1. The number of piperazine rings is 1. The molecule has 5 heteroatoms. The Balaban J connectivity index is 2.24. The highest BCUT2D eigenvalue weighted by Gasteiger charge is 2.22. The normalized spacial score (nSPS) is 17.9. The Kier molecular flexibility index (Phi) is 4.65. The lowest BCUT2D eigenvalue weighted by atomic mass is 10.0. The molecule has 19 heavy (non-hydrogen) atoms. The largest absolute Gasteiger partial charge is 0.314 e. The lowest BCUT2D eigenvalue weighted by molar-refractivity contribution is -0.385. The van der Waals surface area contributed by atoms with Gasteiger partial charge in [0.05, 0.1) is 4.92 Å². The van der Waals surface area contributed by atoms with E-state index in [0.29, 0.717) is 0 Å². The van der Waals surface area contributed by atoms with Crippen molar-refractivity contribution in [2.45, 2.75) is 12.5 Å². The van der Waals surface area contributed by atoms with Crippen LogP contribution in [-0.4, -0.2) is 36.0 Å². The Morgan fingerprint density at radius 1 is 1.47 bits per heavy atom. The van der Waals surface area contributed by atoms with E-state index in [1.165, 1.54) is 6.07 Å². The monoisotopic (exact) mass is 261 g/mol. The maximum absolute atomic E-state index is 10.9. The van der Waals surface area contributed by atoms with Crippen LogP contribution in [0, 0.1) is 10.1 Å². The van der Waals surface area contributed by atoms with Gasteiger partial charge < -0.3 is 5.32 Å². The highest BCUT2D eigenvalue weighted by Crippen LogP contribution is 2.27. The van der Waals surface area contributed by atoms with Crippen LogP contribution in [0.3, 0.4) is 0 Å². The van der Waals surface area contributed by atoms with Crippen LogP contribution in [-0.2, 0) is 0 Å². The minimum atomic E-state index is -0.341. The Labute approximate surface area is 113 Å². The number of nitro groups is 1. The first-order valence-electron chi connectivity index (χ1n) is 6.52. The highest BCUT2D eigenvalue weighted by molar-refractivity contribution is 5.36. The second-order valence-electron chi connectivity index (χ2n) is 4.68. The van der Waals surface area contributed by atoms with Gasteiger partial charge in [-0.05, 0) is 12.0 Å². The van der Waals surface area contributed by atoms with Crippen molar-refractivity contribution >= 4 is 5.69 Å². The second kappa shape index (κ2) is 6.45. The third-order valence-electron chi connectivity index (χ3n) is 3.45. The van der Waals surface area contributed by atoms with Gasteiger partial charge in [-0.1, -0.05) is 18.2 Å². The first kappa shape index (κ1) is 13.7. The maximum atomic E-state index is 10.9. The van der Waals surface area contributed by atoms with E-state index < -0.39 is 0 Å². The predicted molar refractivity (Wildman–Crippen MR) is 75.1 cm³/mol. The van der Waals surface area contributed by atoms with Crippen LogP contribution in [0.4, 0.5) is 5.69 Å². The fraction of sp³-hybridized carbons (Fsp3) is 0.429. The molecule has 0 unspecified atom stereocenters. The third kappa shape index (κ3) is 3.39. The molecule has 0 amide bonds. The van der Waals surface area contributed by atoms with Gasteiger partial charge in [0.1, 0.15) is 0 Å². The highest BCUT2D eigenvalue weighted by atomic mass is 16.6. The molecule has 0 saturated carbocycles. The van der Waals surface area contributed by atoms with Crippen molar-refractivity contribution in [1.29, 1.82) is 0 Å². The predicted octanol–water partition coefficient (Wildman–Crippen LogP) is 2.12. The summed E-state index contributed by atoms with van der Waals surface area (Å²) in [5.41, 5.74) is 1.15. The topological polar surface area (TPSA) is 58.4 Å². The van der Waals surface area contributed by atoms with Gasteiger partial charge in [0.15, 0.2) is 0 Å². The van der Waals surface area contributed by atoms with Crippen molar-refractivity contribution < 1.29 is 4.92 Å². The van der Waals surface area contributed by atoms with E-state index in [2.05, 4.69) is 16.8 Å². The van der Waals surface area contributed by atoms with Crippen LogP contribution in [0.1, 0.15) is 18.0 Å². The van der Waals surface area contributed by atoms with Crippen LogP contribution < -0.4 is 5.32 Å². The molecule has 0 bridgehead atoms. The van der Waals surface area contributed by atoms with Crippen molar-refractivity contribution in [3.05, 3.63) is 52.6 Å². The minimum Gasteiger partial charge on any atom is -0.314 e. The SMILES string of the molecule is C=CC[C@@H](c1cccc([N+](=O)[O-])c1)N1CCNCC1. The molecule has 1 fully saturated rings. The standard InChI is InChI=1S/C14H19N3O2/c1-2-4-14(16-9-7-15-8-10-16)12-5-3-6-13(11-12)17(18)19/h2-3,5-6,11,14-15H,1,4,7-10H2/t14-/m0/s1. The van der Waals surface area contributed by atoms with Gasteiger partial charge in [-0.3, -0.25) is 15.0 Å². The van der Waals surface area contributed by atoms with Crippen LogP contribution in [0.15, 0.2) is 36.9 Å². The Hall–Kier alpha value is -1.72. The summed E-state index contributed by atoms with van der Waals surface area (Å²) >= 11 is 0. The molecule has 1 N–H and O–H groups in total. The van der Waals surface area contributed by atoms with Crippen molar-refractivity contribution in [2.75, 3.05) is 26.2 Å². The smallest absolute Gasteiger partial charge is 0.269 e. The number of rotatable bonds is 5. The molecule has 5 nitrogen and oxygen atoms in total. The molecule has 1 aliphatic heterocycles. The van der Waals surface area contributed by atoms with Crippen molar-refractivity contribution in [2.24, 2.45) is 0 Å². The van der Waals surface area contributed by atoms with Gasteiger partial charge in [-0.25, -0.2) is 0 Å². The molecule has 0 radical (unpaired) electrons. The first-order valence-corrected chi connectivity index (χ1v) is 6.52. The van der Waals surface area contributed by atoms with Gasteiger partial charge in [-0.15, -0.1) is 6.58 Å². The van der Waals surface area contributed by atoms with Crippen LogP contribution in [0.5, 0.6) is 0 Å². The quantitative estimate of drug-likeness (QED) is 0.501. The van der Waals surface area contributed by atoms with Gasteiger partial charge >= 0.3 is 0 Å². The molecular formula is C14H19N3O2. The van der Waals surface area contributed by atoms with Crippen LogP contribution >= 0.6 is 0 Å². The molecule has 0 aromatic heterocycles. The Morgan fingerprint density at radius 2 is 2.21 bits per heavy atom. The second-order valence-corrected chi connectivity index (χ2v) is 4.68. The zero-order valence-corrected chi connectivity index (χ0v) is 10.9. The molecule has 1 aromatic carbocycles. The molecular weight excluding hydrogens is 242 g/mol. The van der Waals surface area contributed by atoms with Crippen molar-refractivity contribution in [3.8, 4) is 0 Å². The Morgan fingerprint density at radius 3 is 2.84 bits per heavy atom. The number of non-ortho nitro benzene ring substituents is 1. The van der Waals surface area contributed by atoms with E-state index in [9.17, 15) is 10.1 Å². The summed E-state index contributed by atoms with van der Waals surface area (Å²) in [7, 11) is 0. The minimum absolute atomic E-state index is 0.154. The summed E-state index contributed by atoms with van der Waals surface area (Å²) in [5.74, 6) is 0. The van der Waals surface area contributed by atoms with E-state index in [4.69, 9.17) is 0 Å². The van der Waals surface area contributed by atoms with E-state index >= 15 is 0 Å². The average Bonchev–Trinajstić information content (AvgIpc) is 2.46. The van der Waals surface area contributed by atoms with E-state index in [0.717, 1.165) is 38.2 Å². The summed E-state index contributed by atoms with van der Waals surface area (Å²) in [5, 5.41) is 14.2. The zero-order valence-electron chi connectivity index (χ0n) is 10.9. The van der Waals surface area contributed by atoms with Crippen LogP contribution in [0.2, 0.25) is 0 Å². The van der Waals surface area contributed by atoms with Gasteiger partial charge in [0.2, 0.25) is 0 Å². The zero-order chi connectivity index (χ0) is 13.7. The molecule has 1 heterocycles. The summed E-state index contributed by atoms with van der Waals surface area (Å²) in [4.78, 5) is 12.9. The molecule has 2 rings (SSSR count). The third-order valence-corrected chi connectivity index (χ3v) is 3.45. The molecule has 0 aliphatic carbocycles. The average molecular weight is 261 g/mol. The van der Waals surface area contributed by atoms with E-state index in [-0.39, 0.29) is 16.7 Å². The number of nitro benzene ring substituents is 1. The lowest BCUT2D eigenvalue weighted by Crippen LogP contribution is -2.45. The molecule has 102 valence electrons. The Bertz CT molecular complexity index is 456. The van der Waals surface area contributed by atoms with Crippen molar-refractivity contribution in [1.82, 2.24) is 10.2 Å². The number of benzene rings is 1. The van der Waals surface area contributed by atoms with E-state index in [1.54, 1.807) is 12.1 Å². The lowest BCUT2D eigenvalue weighted by Gasteiger charge is -2.34. The molecule has 1 aromatic rings. The fourth-order valence-corrected chi connectivity index (χ4v) is 2.49. The number of nitrogens with zero attached hydrogens (tertiary/aromatic N) is 2. The summed E-state index contributed by atoms with van der Waals surface area (Å²) in [6, 6.07) is 7.11.